The fourth-order valence-corrected chi connectivity index (χ4v) is 2.38. The van der Waals surface area contributed by atoms with Crippen LogP contribution in [0, 0.1) is 11.2 Å². The zero-order chi connectivity index (χ0) is 13.0. The minimum absolute atomic E-state index is 0.257. The lowest BCUT2D eigenvalue weighted by Crippen LogP contribution is -2.26. The van der Waals surface area contributed by atoms with E-state index in [1.165, 1.54) is 20.0 Å². The van der Waals surface area contributed by atoms with Gasteiger partial charge in [-0.3, -0.25) is 0 Å². The first kappa shape index (κ1) is 13.3. The molecule has 2 rings (SSSR count). The first-order valence-corrected chi connectivity index (χ1v) is 6.72. The molecule has 1 aromatic carbocycles. The first-order chi connectivity index (χ1) is 8.69. The van der Waals surface area contributed by atoms with Crippen LogP contribution < -0.4 is 10.1 Å². The van der Waals surface area contributed by atoms with Crippen molar-refractivity contribution in [2.45, 2.75) is 32.6 Å². The third-order valence-electron chi connectivity index (χ3n) is 3.68. The monoisotopic (exact) mass is 251 g/mol. The highest BCUT2D eigenvalue weighted by atomic mass is 19.1. The van der Waals surface area contributed by atoms with Gasteiger partial charge in [-0.1, -0.05) is 13.0 Å². The third-order valence-corrected chi connectivity index (χ3v) is 3.68. The highest BCUT2D eigenvalue weighted by molar-refractivity contribution is 5.30. The van der Waals surface area contributed by atoms with E-state index in [1.807, 2.05) is 6.07 Å². The van der Waals surface area contributed by atoms with E-state index in [1.54, 1.807) is 12.1 Å². The molecule has 0 heterocycles. The molecule has 2 nitrogen and oxygen atoms in total. The third kappa shape index (κ3) is 3.22. The summed E-state index contributed by atoms with van der Waals surface area (Å²) in [5, 5.41) is 3.48. The van der Waals surface area contributed by atoms with E-state index >= 15 is 0 Å². The van der Waals surface area contributed by atoms with Crippen molar-refractivity contribution < 1.29 is 9.13 Å². The van der Waals surface area contributed by atoms with Crippen LogP contribution in [0.3, 0.4) is 0 Å². The number of hydrogen-bond donors (Lipinski definition) is 1. The molecule has 3 heteroatoms. The van der Waals surface area contributed by atoms with Gasteiger partial charge in [-0.2, -0.15) is 0 Å². The molecule has 0 aromatic heterocycles. The second kappa shape index (κ2) is 5.70. The lowest BCUT2D eigenvalue weighted by atomic mass is 9.96. The summed E-state index contributed by atoms with van der Waals surface area (Å²) in [4.78, 5) is 0. The number of rotatable bonds is 7. The van der Waals surface area contributed by atoms with Crippen LogP contribution in [-0.4, -0.2) is 20.2 Å². The average Bonchev–Trinajstić information content (AvgIpc) is 3.10. The summed E-state index contributed by atoms with van der Waals surface area (Å²) in [5.41, 5.74) is 1.44. The Morgan fingerprint density at radius 2 is 2.17 bits per heavy atom. The summed E-state index contributed by atoms with van der Waals surface area (Å²) in [5.74, 6) is 0.0695. The summed E-state index contributed by atoms with van der Waals surface area (Å²) in [6.07, 6.45) is 4.62. The van der Waals surface area contributed by atoms with Crippen molar-refractivity contribution in [2.24, 2.45) is 5.41 Å². The normalized spacial score (nSPS) is 16.6. The van der Waals surface area contributed by atoms with E-state index < -0.39 is 0 Å². The van der Waals surface area contributed by atoms with Crippen LogP contribution in [0.25, 0.3) is 0 Å². The van der Waals surface area contributed by atoms with Crippen molar-refractivity contribution in [2.75, 3.05) is 20.2 Å². The quantitative estimate of drug-likeness (QED) is 0.752. The lowest BCUT2D eigenvalue weighted by molar-refractivity contribution is 0.385. The molecule has 0 bridgehead atoms. The molecule has 0 amide bonds. The molecule has 0 spiro atoms. The van der Waals surface area contributed by atoms with Crippen LogP contribution in [0.1, 0.15) is 31.7 Å². The van der Waals surface area contributed by atoms with E-state index in [2.05, 4.69) is 12.2 Å². The average molecular weight is 251 g/mol. The summed E-state index contributed by atoms with van der Waals surface area (Å²) in [7, 11) is 1.50. The molecule has 1 N–H and O–H groups in total. The van der Waals surface area contributed by atoms with Crippen LogP contribution in [0.5, 0.6) is 5.75 Å². The number of benzene rings is 1. The van der Waals surface area contributed by atoms with Gasteiger partial charge in [-0.15, -0.1) is 0 Å². The largest absolute Gasteiger partial charge is 0.494 e. The molecule has 0 atom stereocenters. The number of ether oxygens (including phenoxy) is 1. The van der Waals surface area contributed by atoms with E-state index in [4.69, 9.17) is 4.74 Å². The Balaban J connectivity index is 1.94. The van der Waals surface area contributed by atoms with Gasteiger partial charge >= 0.3 is 0 Å². The minimum atomic E-state index is -0.257. The zero-order valence-corrected chi connectivity index (χ0v) is 11.3. The number of hydrogen-bond acceptors (Lipinski definition) is 2. The highest BCUT2D eigenvalue weighted by Gasteiger charge is 2.41. The maximum atomic E-state index is 13.6. The van der Waals surface area contributed by atoms with E-state index in [0.29, 0.717) is 11.2 Å². The predicted molar refractivity (Wildman–Crippen MR) is 71.5 cm³/mol. The second-order valence-electron chi connectivity index (χ2n) is 5.32. The molecule has 1 aliphatic carbocycles. The molecule has 1 aromatic rings. The van der Waals surface area contributed by atoms with Crippen LogP contribution in [0.2, 0.25) is 0 Å². The summed E-state index contributed by atoms with van der Waals surface area (Å²) < 4.78 is 18.5. The maximum absolute atomic E-state index is 13.6. The van der Waals surface area contributed by atoms with Gasteiger partial charge in [0.15, 0.2) is 11.6 Å². The van der Waals surface area contributed by atoms with Crippen LogP contribution >= 0.6 is 0 Å². The Labute approximate surface area is 109 Å². The number of methoxy groups -OCH3 is 1. The topological polar surface area (TPSA) is 21.3 Å². The van der Waals surface area contributed by atoms with E-state index in [-0.39, 0.29) is 5.82 Å². The van der Waals surface area contributed by atoms with Gasteiger partial charge in [0.25, 0.3) is 0 Å². The Kier molecular flexibility index (Phi) is 4.23. The first-order valence-electron chi connectivity index (χ1n) is 6.72. The van der Waals surface area contributed by atoms with Crippen molar-refractivity contribution >= 4 is 0 Å². The molecule has 0 radical (unpaired) electrons. The standard InChI is InChI=1S/C15H22FNO/c1-3-8-17-11-15(6-7-15)10-12-4-5-14(18-2)13(16)9-12/h4-5,9,17H,3,6-8,10-11H2,1-2H3. The molecule has 1 aliphatic rings. The van der Waals surface area contributed by atoms with Gasteiger partial charge in [0.2, 0.25) is 0 Å². The summed E-state index contributed by atoms with van der Waals surface area (Å²) in [6.45, 7) is 4.29. The number of nitrogens with one attached hydrogen (secondary N) is 1. The summed E-state index contributed by atoms with van der Waals surface area (Å²) >= 11 is 0. The van der Waals surface area contributed by atoms with Gasteiger partial charge in [0.1, 0.15) is 0 Å². The molecule has 18 heavy (non-hydrogen) atoms. The molecule has 0 aliphatic heterocycles. The number of halogens is 1. The summed E-state index contributed by atoms with van der Waals surface area (Å²) in [6, 6.07) is 5.31. The molecule has 0 saturated heterocycles. The molecular formula is C15H22FNO. The maximum Gasteiger partial charge on any atom is 0.165 e. The van der Waals surface area contributed by atoms with Crippen LogP contribution in [0.15, 0.2) is 18.2 Å². The predicted octanol–water partition coefficient (Wildman–Crippen LogP) is 3.16. The fraction of sp³-hybridized carbons (Fsp3) is 0.600. The lowest BCUT2D eigenvalue weighted by Gasteiger charge is -2.16. The Hall–Kier alpha value is -1.09. The van der Waals surface area contributed by atoms with Crippen molar-refractivity contribution in [1.29, 1.82) is 0 Å². The van der Waals surface area contributed by atoms with Gasteiger partial charge in [0, 0.05) is 6.54 Å². The molecule has 100 valence electrons. The van der Waals surface area contributed by atoms with E-state index in [9.17, 15) is 4.39 Å². The smallest absolute Gasteiger partial charge is 0.165 e. The Morgan fingerprint density at radius 1 is 1.39 bits per heavy atom. The molecule has 1 saturated carbocycles. The fourth-order valence-electron chi connectivity index (χ4n) is 2.38. The minimum Gasteiger partial charge on any atom is -0.494 e. The second-order valence-corrected chi connectivity index (χ2v) is 5.32. The SMILES string of the molecule is CCCNCC1(Cc2ccc(OC)c(F)c2)CC1. The van der Waals surface area contributed by atoms with Crippen molar-refractivity contribution in [1.82, 2.24) is 5.32 Å². The van der Waals surface area contributed by atoms with Gasteiger partial charge in [0.05, 0.1) is 7.11 Å². The Morgan fingerprint density at radius 3 is 2.72 bits per heavy atom. The van der Waals surface area contributed by atoms with Crippen molar-refractivity contribution in [3.8, 4) is 5.75 Å². The molecule has 0 unspecified atom stereocenters. The van der Waals surface area contributed by atoms with Gasteiger partial charge in [-0.25, -0.2) is 4.39 Å². The van der Waals surface area contributed by atoms with Gasteiger partial charge < -0.3 is 10.1 Å². The zero-order valence-electron chi connectivity index (χ0n) is 11.3. The van der Waals surface area contributed by atoms with Gasteiger partial charge in [-0.05, 0) is 55.3 Å². The molecular weight excluding hydrogens is 229 g/mol. The Bertz CT molecular complexity index is 401. The highest BCUT2D eigenvalue weighted by Crippen LogP contribution is 2.48. The van der Waals surface area contributed by atoms with Crippen LogP contribution in [-0.2, 0) is 6.42 Å². The van der Waals surface area contributed by atoms with E-state index in [0.717, 1.165) is 31.5 Å². The molecule has 1 fully saturated rings. The van der Waals surface area contributed by atoms with Crippen LogP contribution in [0.4, 0.5) is 4.39 Å². The van der Waals surface area contributed by atoms with Crippen molar-refractivity contribution in [3.05, 3.63) is 29.6 Å². The van der Waals surface area contributed by atoms with Crippen molar-refractivity contribution in [3.63, 3.8) is 0 Å².